The number of rotatable bonds is 1. The molecule has 0 saturated carbocycles. The summed E-state index contributed by atoms with van der Waals surface area (Å²) in [6, 6.07) is 2.15. The van der Waals surface area contributed by atoms with Crippen molar-refractivity contribution >= 4 is 23.4 Å². The number of benzene rings is 1. The van der Waals surface area contributed by atoms with Gasteiger partial charge in [0.2, 0.25) is 11.8 Å². The van der Waals surface area contributed by atoms with Crippen molar-refractivity contribution in [1.82, 2.24) is 10.2 Å². The number of imide groups is 1. The standard InChI is InChI=1S/C13H13N3O3/c14-9-3-1-2-7-8(9)6-16(13(7)19)10-4-5-11(17)15-12(10)18/h1-3,10H,4-6,14H2,(H,15,17,18)/t10-/m0/s1/i4D2,10D. The Hall–Kier alpha value is -2.37. The third-order valence-electron chi connectivity index (χ3n) is 3.16. The van der Waals surface area contributed by atoms with E-state index < -0.39 is 36.5 Å². The van der Waals surface area contributed by atoms with E-state index in [2.05, 4.69) is 0 Å². The summed E-state index contributed by atoms with van der Waals surface area (Å²) in [5.41, 5.74) is 6.84. The number of piperidine rings is 1. The lowest BCUT2D eigenvalue weighted by Crippen LogP contribution is -2.52. The van der Waals surface area contributed by atoms with Gasteiger partial charge in [0.1, 0.15) is 6.02 Å². The molecule has 0 unspecified atom stereocenters. The number of fused-ring (bicyclic) bond motifs is 1. The van der Waals surface area contributed by atoms with Gasteiger partial charge in [-0.15, -0.1) is 0 Å². The summed E-state index contributed by atoms with van der Waals surface area (Å²) in [6.45, 7) is -0.147. The molecule has 6 nitrogen and oxygen atoms in total. The summed E-state index contributed by atoms with van der Waals surface area (Å²) in [6.07, 6.45) is -3.17. The molecule has 3 N–H and O–H groups in total. The molecule has 2 aliphatic heterocycles. The van der Waals surface area contributed by atoms with E-state index in [1.54, 1.807) is 12.1 Å². The smallest absolute Gasteiger partial charge is 0.255 e. The van der Waals surface area contributed by atoms with Crippen molar-refractivity contribution in [3.63, 3.8) is 0 Å². The van der Waals surface area contributed by atoms with E-state index in [1.807, 2.05) is 5.32 Å². The van der Waals surface area contributed by atoms with Crippen molar-refractivity contribution in [3.05, 3.63) is 29.3 Å². The fraction of sp³-hybridized carbons (Fsp3) is 0.308. The van der Waals surface area contributed by atoms with E-state index >= 15 is 0 Å². The number of hydrogen-bond donors (Lipinski definition) is 2. The monoisotopic (exact) mass is 262 g/mol. The van der Waals surface area contributed by atoms with Gasteiger partial charge < -0.3 is 10.6 Å². The highest BCUT2D eigenvalue weighted by atomic mass is 16.2. The van der Waals surface area contributed by atoms with Gasteiger partial charge in [-0.25, -0.2) is 0 Å². The Labute approximate surface area is 113 Å². The number of nitrogens with one attached hydrogen (secondary N) is 1. The fourth-order valence-electron chi connectivity index (χ4n) is 2.23. The highest BCUT2D eigenvalue weighted by molar-refractivity contribution is 6.06. The molecule has 3 amide bonds. The van der Waals surface area contributed by atoms with Crippen molar-refractivity contribution in [1.29, 1.82) is 0 Å². The van der Waals surface area contributed by atoms with Crippen LogP contribution in [0.4, 0.5) is 5.69 Å². The average molecular weight is 262 g/mol. The van der Waals surface area contributed by atoms with Gasteiger partial charge in [0.15, 0.2) is 0 Å². The first-order valence-corrected chi connectivity index (χ1v) is 5.72. The quantitative estimate of drug-likeness (QED) is 0.551. The molecular formula is C13H13N3O3. The molecule has 1 aromatic carbocycles. The maximum Gasteiger partial charge on any atom is 0.255 e. The van der Waals surface area contributed by atoms with Gasteiger partial charge in [-0.2, -0.15) is 0 Å². The van der Waals surface area contributed by atoms with Crippen LogP contribution in [-0.4, -0.2) is 28.6 Å². The lowest BCUT2D eigenvalue weighted by atomic mass is 10.0. The molecule has 6 heteroatoms. The molecule has 0 spiro atoms. The minimum atomic E-state index is -2.52. The van der Waals surface area contributed by atoms with Crippen molar-refractivity contribution in [3.8, 4) is 0 Å². The zero-order chi connectivity index (χ0) is 16.3. The molecule has 0 aromatic heterocycles. The van der Waals surface area contributed by atoms with Crippen LogP contribution in [0.3, 0.4) is 0 Å². The number of carbonyl (C=O) groups is 3. The number of anilines is 1. The summed E-state index contributed by atoms with van der Waals surface area (Å²) in [7, 11) is 0. The minimum absolute atomic E-state index is 0.147. The van der Waals surface area contributed by atoms with Gasteiger partial charge in [-0.3, -0.25) is 19.7 Å². The second-order valence-electron chi connectivity index (χ2n) is 4.34. The largest absolute Gasteiger partial charge is 0.398 e. The third-order valence-corrected chi connectivity index (χ3v) is 3.16. The lowest BCUT2D eigenvalue weighted by molar-refractivity contribution is -0.136. The maximum absolute atomic E-state index is 12.5. The molecule has 0 bridgehead atoms. The van der Waals surface area contributed by atoms with Crippen LogP contribution in [0.2, 0.25) is 0 Å². The summed E-state index contributed by atoms with van der Waals surface area (Å²) in [4.78, 5) is 36.8. The Morgan fingerprint density at radius 3 is 2.89 bits per heavy atom. The van der Waals surface area contributed by atoms with Crippen LogP contribution in [0, 0.1) is 0 Å². The second kappa shape index (κ2) is 4.08. The van der Waals surface area contributed by atoms with Crippen molar-refractivity contribution in [2.45, 2.75) is 25.4 Å². The molecule has 19 heavy (non-hydrogen) atoms. The van der Waals surface area contributed by atoms with Crippen LogP contribution in [0.1, 0.15) is 32.8 Å². The van der Waals surface area contributed by atoms with Gasteiger partial charge in [-0.05, 0) is 18.5 Å². The number of nitrogen functional groups attached to an aromatic ring is 1. The van der Waals surface area contributed by atoms with Crippen LogP contribution in [-0.2, 0) is 16.1 Å². The SMILES string of the molecule is [2H]C1([2H])CC(=O)NC(=O)[C@@]1([2H])N1Cc2c(N)cccc2C1=O. The second-order valence-corrected chi connectivity index (χ2v) is 4.34. The van der Waals surface area contributed by atoms with Gasteiger partial charge >= 0.3 is 0 Å². The molecule has 3 rings (SSSR count). The molecular weight excluding hydrogens is 246 g/mol. The van der Waals surface area contributed by atoms with Crippen molar-refractivity contribution in [2.75, 3.05) is 5.73 Å². The summed E-state index contributed by atoms with van der Waals surface area (Å²) in [5.74, 6) is -2.60. The van der Waals surface area contributed by atoms with Crippen LogP contribution in [0.15, 0.2) is 18.2 Å². The normalized spacial score (nSPS) is 31.3. The molecule has 98 valence electrons. The maximum atomic E-state index is 12.5. The molecule has 1 aromatic rings. The van der Waals surface area contributed by atoms with Crippen LogP contribution < -0.4 is 11.1 Å². The zero-order valence-corrected chi connectivity index (χ0v) is 9.90. The minimum Gasteiger partial charge on any atom is -0.398 e. The molecule has 2 aliphatic rings. The van der Waals surface area contributed by atoms with E-state index in [9.17, 15) is 14.4 Å². The van der Waals surface area contributed by atoms with E-state index in [0.717, 1.165) is 4.90 Å². The molecule has 2 heterocycles. The Morgan fingerprint density at radius 1 is 1.42 bits per heavy atom. The highest BCUT2D eigenvalue weighted by Gasteiger charge is 2.39. The summed E-state index contributed by atoms with van der Waals surface area (Å²) < 4.78 is 24.2. The predicted molar refractivity (Wildman–Crippen MR) is 66.9 cm³/mol. The molecule has 0 radical (unpaired) electrons. The van der Waals surface area contributed by atoms with E-state index in [1.165, 1.54) is 6.07 Å². The number of nitrogens with zero attached hydrogens (tertiary/aromatic N) is 1. The van der Waals surface area contributed by atoms with Crippen LogP contribution in [0.5, 0.6) is 0 Å². The van der Waals surface area contributed by atoms with E-state index in [-0.39, 0.29) is 12.1 Å². The Bertz CT molecular complexity index is 722. The Morgan fingerprint density at radius 2 is 2.21 bits per heavy atom. The third kappa shape index (κ3) is 1.76. The fourth-order valence-corrected chi connectivity index (χ4v) is 2.23. The number of nitrogens with two attached hydrogens (primary N) is 1. The van der Waals surface area contributed by atoms with Gasteiger partial charge in [0.25, 0.3) is 5.91 Å². The van der Waals surface area contributed by atoms with Gasteiger partial charge in [0, 0.05) is 32.5 Å². The number of carbonyl (C=O) groups excluding carboxylic acids is 3. The molecule has 1 atom stereocenters. The van der Waals surface area contributed by atoms with Gasteiger partial charge in [-0.1, -0.05) is 6.07 Å². The Balaban J connectivity index is 2.08. The van der Waals surface area contributed by atoms with E-state index in [0.29, 0.717) is 11.3 Å². The first-order chi connectivity index (χ1) is 10.2. The molecule has 1 saturated heterocycles. The average Bonchev–Trinajstić information content (AvgIpc) is 2.75. The van der Waals surface area contributed by atoms with Crippen molar-refractivity contribution in [2.24, 2.45) is 0 Å². The first-order valence-electron chi connectivity index (χ1n) is 7.22. The highest BCUT2D eigenvalue weighted by Crippen LogP contribution is 2.30. The first kappa shape index (κ1) is 8.68. The molecule has 0 aliphatic carbocycles. The van der Waals surface area contributed by atoms with Gasteiger partial charge in [0.05, 0.1) is 1.37 Å². The lowest BCUT2D eigenvalue weighted by Gasteiger charge is -2.29. The van der Waals surface area contributed by atoms with E-state index in [4.69, 9.17) is 9.85 Å². The topological polar surface area (TPSA) is 92.5 Å². The molecule has 1 fully saturated rings. The van der Waals surface area contributed by atoms with Crippen LogP contribution >= 0.6 is 0 Å². The van der Waals surface area contributed by atoms with Crippen LogP contribution in [0.25, 0.3) is 0 Å². The number of hydrogen-bond acceptors (Lipinski definition) is 4. The summed E-state index contributed by atoms with van der Waals surface area (Å²) in [5, 5.41) is 1.93. The number of amides is 3. The summed E-state index contributed by atoms with van der Waals surface area (Å²) >= 11 is 0. The van der Waals surface area contributed by atoms with Crippen molar-refractivity contribution < 1.29 is 18.5 Å². The zero-order valence-electron chi connectivity index (χ0n) is 12.9. The Kier molecular flexibility index (Phi) is 1.87. The predicted octanol–water partition coefficient (Wildman–Crippen LogP) is 0.0298.